The van der Waals surface area contributed by atoms with Crippen LogP contribution in [0.3, 0.4) is 0 Å². The van der Waals surface area contributed by atoms with E-state index in [2.05, 4.69) is 15.8 Å². The second-order valence-electron chi connectivity index (χ2n) is 4.00. The summed E-state index contributed by atoms with van der Waals surface area (Å²) < 4.78 is 9.85. The lowest BCUT2D eigenvalue weighted by Crippen LogP contribution is -2.28. The number of carboxylic acid groups (broad SMARTS) is 1. The highest BCUT2D eigenvalue weighted by Crippen LogP contribution is 2.17. The topological polar surface area (TPSA) is 114 Å². The first-order valence-corrected chi connectivity index (χ1v) is 6.02. The van der Waals surface area contributed by atoms with Gasteiger partial charge in [0.25, 0.3) is 0 Å². The average molecular weight is 291 g/mol. The number of carbonyl (C=O) groups excluding carboxylic acids is 1. The Morgan fingerprint density at radius 3 is 2.90 bits per heavy atom. The standard InChI is InChI=1S/C13H13N3O5/c17-12(18)8-20-10-3-1-2-9(6-10)16-13(19)14-7-11-4-5-15-21-11/h1-6H,7-8H2,(H,17,18)(H2,14,16,19). The molecule has 8 heteroatoms. The van der Waals surface area contributed by atoms with E-state index in [9.17, 15) is 9.59 Å². The predicted octanol–water partition coefficient (Wildman–Crippen LogP) is 1.46. The summed E-state index contributed by atoms with van der Waals surface area (Å²) in [5.41, 5.74) is 0.480. The summed E-state index contributed by atoms with van der Waals surface area (Å²) in [7, 11) is 0. The van der Waals surface area contributed by atoms with Crippen molar-refractivity contribution in [3.63, 3.8) is 0 Å². The molecule has 1 aromatic heterocycles. The number of carbonyl (C=O) groups is 2. The molecule has 2 rings (SSSR count). The molecule has 1 aromatic carbocycles. The number of hydrogen-bond donors (Lipinski definition) is 3. The van der Waals surface area contributed by atoms with E-state index in [0.29, 0.717) is 17.2 Å². The molecule has 21 heavy (non-hydrogen) atoms. The SMILES string of the molecule is O=C(O)COc1cccc(NC(=O)NCc2ccno2)c1. The van der Waals surface area contributed by atoms with Crippen molar-refractivity contribution in [3.05, 3.63) is 42.3 Å². The molecule has 8 nitrogen and oxygen atoms in total. The monoisotopic (exact) mass is 291 g/mol. The zero-order chi connectivity index (χ0) is 15.1. The second-order valence-corrected chi connectivity index (χ2v) is 4.00. The van der Waals surface area contributed by atoms with E-state index < -0.39 is 18.6 Å². The van der Waals surface area contributed by atoms with Gasteiger partial charge in [-0.2, -0.15) is 0 Å². The lowest BCUT2D eigenvalue weighted by atomic mass is 10.3. The zero-order valence-electron chi connectivity index (χ0n) is 10.9. The van der Waals surface area contributed by atoms with Gasteiger partial charge in [0.05, 0.1) is 12.7 Å². The third kappa shape index (κ3) is 4.86. The molecule has 1 heterocycles. The summed E-state index contributed by atoms with van der Waals surface area (Å²) in [6.07, 6.45) is 1.48. The van der Waals surface area contributed by atoms with E-state index in [0.717, 1.165) is 0 Å². The van der Waals surface area contributed by atoms with Gasteiger partial charge in [0.1, 0.15) is 5.75 Å². The predicted molar refractivity (Wildman–Crippen MR) is 71.9 cm³/mol. The van der Waals surface area contributed by atoms with Crippen molar-refractivity contribution < 1.29 is 24.0 Å². The summed E-state index contributed by atoms with van der Waals surface area (Å²) >= 11 is 0. The minimum absolute atomic E-state index is 0.209. The number of anilines is 1. The first-order valence-electron chi connectivity index (χ1n) is 6.02. The highest BCUT2D eigenvalue weighted by molar-refractivity contribution is 5.89. The maximum Gasteiger partial charge on any atom is 0.341 e. The summed E-state index contributed by atoms with van der Waals surface area (Å²) in [4.78, 5) is 22.1. The Hall–Kier alpha value is -3.03. The highest BCUT2D eigenvalue weighted by Gasteiger charge is 2.05. The molecular weight excluding hydrogens is 278 g/mol. The Morgan fingerprint density at radius 2 is 2.19 bits per heavy atom. The van der Waals surface area contributed by atoms with Crippen LogP contribution in [0.4, 0.5) is 10.5 Å². The van der Waals surface area contributed by atoms with Gasteiger partial charge in [-0.05, 0) is 12.1 Å². The fourth-order valence-electron chi connectivity index (χ4n) is 1.48. The Balaban J connectivity index is 1.85. The van der Waals surface area contributed by atoms with Gasteiger partial charge in [-0.3, -0.25) is 0 Å². The molecule has 0 atom stereocenters. The molecule has 0 spiro atoms. The van der Waals surface area contributed by atoms with Crippen molar-refractivity contribution in [1.29, 1.82) is 0 Å². The van der Waals surface area contributed by atoms with E-state index in [1.165, 1.54) is 12.3 Å². The van der Waals surface area contributed by atoms with Crippen molar-refractivity contribution in [2.75, 3.05) is 11.9 Å². The number of aromatic nitrogens is 1. The quantitative estimate of drug-likeness (QED) is 0.742. The Labute approximate surface area is 119 Å². The molecule has 0 aliphatic rings. The number of aliphatic carboxylic acids is 1. The van der Waals surface area contributed by atoms with Gasteiger partial charge in [-0.15, -0.1) is 0 Å². The Morgan fingerprint density at radius 1 is 1.33 bits per heavy atom. The van der Waals surface area contributed by atoms with Crippen LogP contribution in [0.15, 0.2) is 41.1 Å². The van der Waals surface area contributed by atoms with Gasteiger partial charge in [0, 0.05) is 17.8 Å². The van der Waals surface area contributed by atoms with Crippen LogP contribution in [0.5, 0.6) is 5.75 Å². The maximum absolute atomic E-state index is 11.7. The van der Waals surface area contributed by atoms with Crippen LogP contribution < -0.4 is 15.4 Å². The summed E-state index contributed by atoms with van der Waals surface area (Å²) in [5, 5.41) is 17.2. The fourth-order valence-corrected chi connectivity index (χ4v) is 1.48. The second kappa shape index (κ2) is 6.94. The lowest BCUT2D eigenvalue weighted by molar-refractivity contribution is -0.139. The number of carboxylic acids is 1. The lowest BCUT2D eigenvalue weighted by Gasteiger charge is -2.08. The normalized spacial score (nSPS) is 9.90. The third-order valence-corrected chi connectivity index (χ3v) is 2.37. The van der Waals surface area contributed by atoms with Crippen LogP contribution in [0.1, 0.15) is 5.76 Å². The molecule has 0 aliphatic carbocycles. The molecule has 0 unspecified atom stereocenters. The van der Waals surface area contributed by atoms with E-state index >= 15 is 0 Å². The molecule has 0 saturated carbocycles. The molecule has 2 aromatic rings. The van der Waals surface area contributed by atoms with E-state index in [1.807, 2.05) is 0 Å². The van der Waals surface area contributed by atoms with Gasteiger partial charge >= 0.3 is 12.0 Å². The summed E-state index contributed by atoms with van der Waals surface area (Å²) in [6.45, 7) is -0.234. The summed E-state index contributed by atoms with van der Waals surface area (Å²) in [5.74, 6) is -0.188. The Bertz CT molecular complexity index is 612. The maximum atomic E-state index is 11.7. The minimum atomic E-state index is -1.07. The zero-order valence-corrected chi connectivity index (χ0v) is 10.9. The number of urea groups is 1. The number of nitrogens with zero attached hydrogens (tertiary/aromatic N) is 1. The molecule has 0 bridgehead atoms. The Kier molecular flexibility index (Phi) is 4.75. The minimum Gasteiger partial charge on any atom is -0.482 e. The van der Waals surface area contributed by atoms with Gasteiger partial charge in [0.2, 0.25) is 0 Å². The summed E-state index contributed by atoms with van der Waals surface area (Å²) in [6, 6.07) is 7.63. The number of nitrogens with one attached hydrogen (secondary N) is 2. The van der Waals surface area contributed by atoms with E-state index in [-0.39, 0.29) is 6.54 Å². The van der Waals surface area contributed by atoms with Crippen molar-refractivity contribution in [2.45, 2.75) is 6.54 Å². The molecule has 2 amide bonds. The van der Waals surface area contributed by atoms with Crippen LogP contribution >= 0.6 is 0 Å². The number of ether oxygens (including phenoxy) is 1. The highest BCUT2D eigenvalue weighted by atomic mass is 16.5. The van der Waals surface area contributed by atoms with E-state index in [4.69, 9.17) is 14.4 Å². The van der Waals surface area contributed by atoms with Crippen LogP contribution in [0.2, 0.25) is 0 Å². The number of rotatable bonds is 6. The van der Waals surface area contributed by atoms with Crippen molar-refractivity contribution in [1.82, 2.24) is 10.5 Å². The molecule has 0 saturated heterocycles. The van der Waals surface area contributed by atoms with Gasteiger partial charge < -0.3 is 25.0 Å². The third-order valence-electron chi connectivity index (χ3n) is 2.37. The van der Waals surface area contributed by atoms with Gasteiger partial charge in [0.15, 0.2) is 12.4 Å². The molecule has 0 aliphatic heterocycles. The number of benzene rings is 1. The number of hydrogen-bond acceptors (Lipinski definition) is 5. The smallest absolute Gasteiger partial charge is 0.341 e. The molecule has 3 N–H and O–H groups in total. The van der Waals surface area contributed by atoms with Crippen LogP contribution in [-0.4, -0.2) is 28.9 Å². The first-order chi connectivity index (χ1) is 10.1. The van der Waals surface area contributed by atoms with Crippen molar-refractivity contribution >= 4 is 17.7 Å². The fraction of sp³-hybridized carbons (Fsp3) is 0.154. The van der Waals surface area contributed by atoms with Crippen molar-refractivity contribution in [3.8, 4) is 5.75 Å². The van der Waals surface area contributed by atoms with Gasteiger partial charge in [-0.1, -0.05) is 11.2 Å². The first kappa shape index (κ1) is 14.4. The average Bonchev–Trinajstić information content (AvgIpc) is 2.97. The van der Waals surface area contributed by atoms with Gasteiger partial charge in [-0.25, -0.2) is 9.59 Å². The molecule has 0 fully saturated rings. The van der Waals surface area contributed by atoms with Crippen LogP contribution in [0, 0.1) is 0 Å². The molecule has 0 radical (unpaired) electrons. The molecule has 110 valence electrons. The number of amides is 2. The molecular formula is C13H13N3O5. The van der Waals surface area contributed by atoms with Crippen LogP contribution in [-0.2, 0) is 11.3 Å². The van der Waals surface area contributed by atoms with Crippen LogP contribution in [0.25, 0.3) is 0 Å². The van der Waals surface area contributed by atoms with Crippen molar-refractivity contribution in [2.24, 2.45) is 0 Å². The van der Waals surface area contributed by atoms with E-state index in [1.54, 1.807) is 24.3 Å². The largest absolute Gasteiger partial charge is 0.482 e.